The highest BCUT2D eigenvalue weighted by Crippen LogP contribution is 2.25. The number of aromatic hydroxyl groups is 1. The van der Waals surface area contributed by atoms with Crippen LogP contribution in [0.1, 0.15) is 44.7 Å². The normalized spacial score (nSPS) is 11.5. The predicted molar refractivity (Wildman–Crippen MR) is 150 cm³/mol. The van der Waals surface area contributed by atoms with Crippen LogP contribution >= 0.6 is 0 Å². The van der Waals surface area contributed by atoms with E-state index in [9.17, 15) is 29.4 Å². The molecule has 4 aromatic rings. The molecule has 41 heavy (non-hydrogen) atoms. The third-order valence-corrected chi connectivity index (χ3v) is 6.32. The molecule has 0 saturated carbocycles. The lowest BCUT2D eigenvalue weighted by Gasteiger charge is -2.14. The van der Waals surface area contributed by atoms with Gasteiger partial charge in [0, 0.05) is 23.2 Å². The molecule has 0 aliphatic heterocycles. The molecule has 4 rings (SSSR count). The van der Waals surface area contributed by atoms with E-state index in [-0.39, 0.29) is 36.1 Å². The summed E-state index contributed by atoms with van der Waals surface area (Å²) in [6.45, 7) is -0.0234. The van der Waals surface area contributed by atoms with Gasteiger partial charge in [0.05, 0.1) is 17.4 Å². The third kappa shape index (κ3) is 7.32. The van der Waals surface area contributed by atoms with Crippen LogP contribution in [-0.2, 0) is 16.0 Å². The number of benzene rings is 3. The molecule has 7 N–H and O–H groups in total. The number of aromatic nitrogens is 2. The van der Waals surface area contributed by atoms with E-state index in [0.717, 1.165) is 11.1 Å². The number of amides is 1. The topological polar surface area (TPSA) is 205 Å². The van der Waals surface area contributed by atoms with Gasteiger partial charge >= 0.3 is 11.9 Å². The van der Waals surface area contributed by atoms with Crippen molar-refractivity contribution in [1.29, 1.82) is 0 Å². The van der Waals surface area contributed by atoms with E-state index in [4.69, 9.17) is 10.8 Å². The highest BCUT2D eigenvalue weighted by molar-refractivity contribution is 6.00. The van der Waals surface area contributed by atoms with Crippen molar-refractivity contribution in [3.63, 3.8) is 0 Å². The first-order chi connectivity index (χ1) is 19.6. The number of aliphatic carboxylic acids is 2. The number of nitrogens with zero attached hydrogens (tertiary/aromatic N) is 2. The van der Waals surface area contributed by atoms with E-state index in [2.05, 4.69) is 20.6 Å². The third-order valence-electron chi connectivity index (χ3n) is 6.32. The number of hydrogen-bond donors (Lipinski definition) is 6. The number of nitrogens with two attached hydrogens (primary N) is 1. The number of ketones is 1. The average Bonchev–Trinajstić information content (AvgIpc) is 2.94. The Labute approximate surface area is 233 Å². The Bertz CT molecular complexity index is 1620. The fraction of sp³-hybridized carbons (Fsp3) is 0.172. The lowest BCUT2D eigenvalue weighted by atomic mass is 9.96. The van der Waals surface area contributed by atoms with Crippen LogP contribution in [-0.4, -0.2) is 61.5 Å². The molecule has 1 atom stereocenters. The Kier molecular flexibility index (Phi) is 8.72. The fourth-order valence-corrected chi connectivity index (χ4v) is 4.24. The summed E-state index contributed by atoms with van der Waals surface area (Å²) in [5.74, 6) is -3.54. The molecule has 0 aliphatic rings. The number of carboxylic acid groups (broad SMARTS) is 2. The largest absolute Gasteiger partial charge is 0.493 e. The van der Waals surface area contributed by atoms with Crippen LogP contribution in [0.5, 0.6) is 5.88 Å². The smallest absolute Gasteiger partial charge is 0.326 e. The minimum absolute atomic E-state index is 0.0234. The van der Waals surface area contributed by atoms with Gasteiger partial charge in [0.1, 0.15) is 6.04 Å². The van der Waals surface area contributed by atoms with Crippen molar-refractivity contribution in [2.75, 3.05) is 17.6 Å². The first-order valence-electron chi connectivity index (χ1n) is 12.6. The summed E-state index contributed by atoms with van der Waals surface area (Å²) in [5.41, 5.74) is 9.01. The maximum absolute atomic E-state index is 13.1. The van der Waals surface area contributed by atoms with Crippen molar-refractivity contribution in [1.82, 2.24) is 15.3 Å². The van der Waals surface area contributed by atoms with E-state index in [1.54, 1.807) is 36.4 Å². The average molecular weight is 558 g/mol. The lowest BCUT2D eigenvalue weighted by molar-refractivity contribution is -0.140. The van der Waals surface area contributed by atoms with Crippen LogP contribution in [0.3, 0.4) is 0 Å². The first kappa shape index (κ1) is 28.5. The molecule has 0 bridgehead atoms. The summed E-state index contributed by atoms with van der Waals surface area (Å²) >= 11 is 0. The molecular formula is C29H27N5O7. The Morgan fingerprint density at radius 3 is 2.37 bits per heavy atom. The Morgan fingerprint density at radius 2 is 1.66 bits per heavy atom. The molecule has 1 amide bonds. The first-order valence-corrected chi connectivity index (χ1v) is 12.6. The van der Waals surface area contributed by atoms with Gasteiger partial charge in [0.25, 0.3) is 5.91 Å². The van der Waals surface area contributed by atoms with Crippen LogP contribution < -0.4 is 16.4 Å². The molecule has 12 nitrogen and oxygen atoms in total. The summed E-state index contributed by atoms with van der Waals surface area (Å²) in [6.07, 6.45) is -0.213. The lowest BCUT2D eigenvalue weighted by Crippen LogP contribution is -2.41. The van der Waals surface area contributed by atoms with Gasteiger partial charge in [-0.2, -0.15) is 4.98 Å². The van der Waals surface area contributed by atoms with Crippen molar-refractivity contribution in [3.8, 4) is 5.88 Å². The minimum atomic E-state index is -1.33. The molecule has 0 aliphatic carbocycles. The zero-order valence-corrected chi connectivity index (χ0v) is 21.7. The number of hydrogen-bond acceptors (Lipinski definition) is 9. The molecule has 12 heteroatoms. The van der Waals surface area contributed by atoms with Crippen LogP contribution in [0.2, 0.25) is 0 Å². The Balaban J connectivity index is 1.39. The van der Waals surface area contributed by atoms with Gasteiger partial charge in [-0.3, -0.25) is 14.4 Å². The summed E-state index contributed by atoms with van der Waals surface area (Å²) < 4.78 is 0. The van der Waals surface area contributed by atoms with Gasteiger partial charge in [-0.15, -0.1) is 0 Å². The van der Waals surface area contributed by atoms with E-state index >= 15 is 0 Å². The number of nitrogen functional groups attached to an aromatic ring is 1. The van der Waals surface area contributed by atoms with Crippen molar-refractivity contribution in [2.45, 2.75) is 25.3 Å². The van der Waals surface area contributed by atoms with Crippen molar-refractivity contribution >= 4 is 46.2 Å². The maximum Gasteiger partial charge on any atom is 0.326 e. The minimum Gasteiger partial charge on any atom is -0.493 e. The van der Waals surface area contributed by atoms with Gasteiger partial charge < -0.3 is 31.7 Å². The number of Topliss-reactive ketones (excluding diaryl/α,β-unsaturated/α-hetero) is 1. The monoisotopic (exact) mass is 557 g/mol. The fourth-order valence-electron chi connectivity index (χ4n) is 4.24. The van der Waals surface area contributed by atoms with Gasteiger partial charge in [0.2, 0.25) is 11.8 Å². The van der Waals surface area contributed by atoms with E-state index in [1.807, 2.05) is 18.2 Å². The van der Waals surface area contributed by atoms with Gasteiger partial charge in [-0.25, -0.2) is 9.78 Å². The summed E-state index contributed by atoms with van der Waals surface area (Å²) in [6, 6.07) is 17.3. The SMILES string of the molecule is Nc1nc(O)c2cc(Cc3ccccc3C(=O)CNc3ccc(C(=O)N[C@@H](CCC(=O)O)C(=O)O)cc3)ccc2n1. The summed E-state index contributed by atoms with van der Waals surface area (Å²) in [4.78, 5) is 55.5. The van der Waals surface area contributed by atoms with Crippen molar-refractivity contribution in [2.24, 2.45) is 0 Å². The highest BCUT2D eigenvalue weighted by atomic mass is 16.4. The van der Waals surface area contributed by atoms with Crippen LogP contribution in [0, 0.1) is 0 Å². The Morgan fingerprint density at radius 1 is 0.927 bits per heavy atom. The molecule has 0 spiro atoms. The molecule has 0 fully saturated rings. The number of fused-ring (bicyclic) bond motifs is 1. The van der Waals surface area contributed by atoms with Gasteiger partial charge in [-0.05, 0) is 60.4 Å². The van der Waals surface area contributed by atoms with E-state index in [1.165, 1.54) is 12.1 Å². The Hall–Kier alpha value is -5.52. The van der Waals surface area contributed by atoms with E-state index < -0.39 is 30.3 Å². The number of carboxylic acids is 2. The summed E-state index contributed by atoms with van der Waals surface area (Å²) in [5, 5.41) is 34.0. The number of anilines is 2. The maximum atomic E-state index is 13.1. The molecule has 0 radical (unpaired) electrons. The molecule has 0 saturated heterocycles. The summed E-state index contributed by atoms with van der Waals surface area (Å²) in [7, 11) is 0. The van der Waals surface area contributed by atoms with Crippen LogP contribution in [0.15, 0.2) is 66.7 Å². The zero-order valence-electron chi connectivity index (χ0n) is 21.7. The number of carbonyl (C=O) groups is 4. The van der Waals surface area contributed by atoms with Crippen LogP contribution in [0.25, 0.3) is 10.9 Å². The second kappa shape index (κ2) is 12.6. The molecular weight excluding hydrogens is 530 g/mol. The number of carbonyl (C=O) groups excluding carboxylic acids is 2. The molecule has 0 unspecified atom stereocenters. The van der Waals surface area contributed by atoms with E-state index in [0.29, 0.717) is 28.6 Å². The van der Waals surface area contributed by atoms with Gasteiger partial charge in [-0.1, -0.05) is 30.3 Å². The molecule has 1 aromatic heterocycles. The van der Waals surface area contributed by atoms with Crippen molar-refractivity contribution < 1.29 is 34.5 Å². The predicted octanol–water partition coefficient (Wildman–Crippen LogP) is 2.85. The van der Waals surface area contributed by atoms with Crippen molar-refractivity contribution in [3.05, 3.63) is 89.0 Å². The standard InChI is InChI=1S/C29H27N5O7/c30-29-33-22-10-5-16(14-21(22)27(39)34-29)13-18-3-1-2-4-20(18)24(35)15-31-19-8-6-17(7-9-19)26(38)32-23(28(40)41)11-12-25(36)37/h1-10,14,23,31H,11-13,15H2,(H,32,38)(H,36,37)(H,40,41)(H3,30,33,34,39)/t23-/m0/s1. The molecule has 210 valence electrons. The molecule has 3 aromatic carbocycles. The number of nitrogens with one attached hydrogen (secondary N) is 2. The molecule has 1 heterocycles. The number of rotatable bonds is 12. The quantitative estimate of drug-likeness (QED) is 0.140. The second-order valence-electron chi connectivity index (χ2n) is 9.24. The highest BCUT2D eigenvalue weighted by Gasteiger charge is 2.21. The zero-order chi connectivity index (χ0) is 29.5. The van der Waals surface area contributed by atoms with Crippen LogP contribution in [0.4, 0.5) is 11.6 Å². The second-order valence-corrected chi connectivity index (χ2v) is 9.24. The van der Waals surface area contributed by atoms with Gasteiger partial charge in [0.15, 0.2) is 5.78 Å².